The van der Waals surface area contributed by atoms with Gasteiger partial charge in [0.05, 0.1) is 0 Å². The van der Waals surface area contributed by atoms with E-state index in [2.05, 4.69) is 5.32 Å². The molecule has 0 bridgehead atoms. The largest absolute Gasteiger partial charge is 0.389 e. The fraction of sp³-hybridized carbons (Fsp3) is 0.417. The lowest BCUT2D eigenvalue weighted by molar-refractivity contribution is 0.672. The van der Waals surface area contributed by atoms with Crippen molar-refractivity contribution in [1.29, 1.82) is 0 Å². The van der Waals surface area contributed by atoms with Crippen molar-refractivity contribution < 1.29 is 4.21 Å². The van der Waals surface area contributed by atoms with Crippen LogP contribution in [0.4, 0.5) is 5.69 Å². The Morgan fingerprint density at radius 2 is 2.06 bits per heavy atom. The van der Waals surface area contributed by atoms with Gasteiger partial charge in [-0.2, -0.15) is 0 Å². The maximum Gasteiger partial charge on any atom is 0.103 e. The highest BCUT2D eigenvalue weighted by Crippen LogP contribution is 2.10. The molecular weight excluding hydrogens is 252 g/mol. The molecule has 5 heteroatoms. The minimum absolute atomic E-state index is 0.221. The van der Waals surface area contributed by atoms with Crippen molar-refractivity contribution in [2.24, 2.45) is 5.73 Å². The van der Waals surface area contributed by atoms with Crippen molar-refractivity contribution in [2.75, 3.05) is 18.1 Å². The van der Waals surface area contributed by atoms with E-state index < -0.39 is 10.8 Å². The van der Waals surface area contributed by atoms with Crippen LogP contribution < -0.4 is 11.1 Å². The van der Waals surface area contributed by atoms with Gasteiger partial charge >= 0.3 is 0 Å². The Morgan fingerprint density at radius 3 is 2.53 bits per heavy atom. The third kappa shape index (κ3) is 4.83. The van der Waals surface area contributed by atoms with Gasteiger partial charge in [-0.1, -0.05) is 19.1 Å². The Labute approximate surface area is 110 Å². The van der Waals surface area contributed by atoms with Crippen LogP contribution in [0.25, 0.3) is 0 Å². The summed E-state index contributed by atoms with van der Waals surface area (Å²) in [5.41, 5.74) is 7.41. The normalized spacial score (nSPS) is 14.0. The molecule has 0 aliphatic carbocycles. The first-order valence-corrected chi connectivity index (χ1v) is 7.49. The molecule has 3 nitrogen and oxygen atoms in total. The Hall–Kier alpha value is -0.940. The molecule has 2 unspecified atom stereocenters. The third-order valence-electron chi connectivity index (χ3n) is 2.62. The van der Waals surface area contributed by atoms with Crippen LogP contribution in [0.2, 0.25) is 0 Å². The van der Waals surface area contributed by atoms with Crippen LogP contribution >= 0.6 is 12.2 Å². The molecule has 94 valence electrons. The van der Waals surface area contributed by atoms with E-state index in [1.165, 1.54) is 0 Å². The highest BCUT2D eigenvalue weighted by molar-refractivity contribution is 7.84. The van der Waals surface area contributed by atoms with Crippen LogP contribution in [-0.4, -0.2) is 27.2 Å². The van der Waals surface area contributed by atoms with Crippen LogP contribution in [0.1, 0.15) is 18.9 Å². The van der Waals surface area contributed by atoms with Gasteiger partial charge in [0, 0.05) is 40.1 Å². The highest BCUT2D eigenvalue weighted by Gasteiger charge is 2.05. The number of thiocarbonyl (C=S) groups is 1. The van der Waals surface area contributed by atoms with Crippen molar-refractivity contribution in [3.8, 4) is 0 Å². The van der Waals surface area contributed by atoms with Gasteiger partial charge in [-0.15, -0.1) is 0 Å². The van der Waals surface area contributed by atoms with Gasteiger partial charge in [0.1, 0.15) is 4.99 Å². The number of nitrogens with two attached hydrogens (primary N) is 1. The summed E-state index contributed by atoms with van der Waals surface area (Å²) in [6, 6.07) is 7.68. The first kappa shape index (κ1) is 14.1. The minimum atomic E-state index is -0.752. The van der Waals surface area contributed by atoms with Crippen LogP contribution in [0, 0.1) is 0 Å². The van der Waals surface area contributed by atoms with Crippen molar-refractivity contribution in [3.63, 3.8) is 0 Å². The molecule has 3 N–H and O–H groups in total. The molecule has 0 aliphatic rings. The second kappa shape index (κ2) is 6.71. The Kier molecular flexibility index (Phi) is 5.58. The smallest absolute Gasteiger partial charge is 0.103 e. The molecule has 0 aromatic heterocycles. The van der Waals surface area contributed by atoms with E-state index in [0.29, 0.717) is 4.99 Å². The zero-order valence-electron chi connectivity index (χ0n) is 10.1. The van der Waals surface area contributed by atoms with E-state index in [0.717, 1.165) is 24.2 Å². The monoisotopic (exact) mass is 270 g/mol. The molecule has 0 spiro atoms. The number of anilines is 1. The molecule has 17 heavy (non-hydrogen) atoms. The predicted octanol–water partition coefficient (Wildman–Crippen LogP) is 1.89. The van der Waals surface area contributed by atoms with Crippen LogP contribution in [0.3, 0.4) is 0 Å². The lowest BCUT2D eigenvalue weighted by Gasteiger charge is -2.10. The van der Waals surface area contributed by atoms with E-state index in [1.807, 2.05) is 31.2 Å². The van der Waals surface area contributed by atoms with Crippen molar-refractivity contribution in [1.82, 2.24) is 0 Å². The summed E-state index contributed by atoms with van der Waals surface area (Å²) in [6.45, 7) is 2.81. The van der Waals surface area contributed by atoms with Gasteiger partial charge in [0.25, 0.3) is 0 Å². The number of benzene rings is 1. The van der Waals surface area contributed by atoms with E-state index in [9.17, 15) is 4.21 Å². The Balaban J connectivity index is 2.42. The first-order valence-electron chi connectivity index (χ1n) is 5.46. The predicted molar refractivity (Wildman–Crippen MR) is 79.0 cm³/mol. The van der Waals surface area contributed by atoms with Crippen LogP contribution in [0.5, 0.6) is 0 Å². The molecule has 1 aromatic carbocycles. The van der Waals surface area contributed by atoms with Gasteiger partial charge in [-0.25, -0.2) is 0 Å². The summed E-state index contributed by atoms with van der Waals surface area (Å²) in [5.74, 6) is 0. The number of hydrogen-bond donors (Lipinski definition) is 2. The van der Waals surface area contributed by atoms with Gasteiger partial charge < -0.3 is 11.1 Å². The van der Waals surface area contributed by atoms with Crippen molar-refractivity contribution in [3.05, 3.63) is 29.8 Å². The number of rotatable bonds is 6. The third-order valence-corrected chi connectivity index (χ3v) is 4.22. The van der Waals surface area contributed by atoms with Gasteiger partial charge in [-0.3, -0.25) is 4.21 Å². The van der Waals surface area contributed by atoms with E-state index in [-0.39, 0.29) is 5.25 Å². The summed E-state index contributed by atoms with van der Waals surface area (Å²) in [4.78, 5) is 0.409. The summed E-state index contributed by atoms with van der Waals surface area (Å²) >= 11 is 4.88. The fourth-order valence-electron chi connectivity index (χ4n) is 1.34. The fourth-order valence-corrected chi connectivity index (χ4v) is 1.92. The van der Waals surface area contributed by atoms with Gasteiger partial charge in [-0.05, 0) is 30.7 Å². The zero-order chi connectivity index (χ0) is 12.8. The van der Waals surface area contributed by atoms with Gasteiger partial charge in [0.15, 0.2) is 0 Å². The molecule has 0 radical (unpaired) electrons. The number of nitrogens with one attached hydrogen (secondary N) is 1. The molecule has 0 heterocycles. The Bertz CT molecular complexity index is 403. The average Bonchev–Trinajstić information content (AvgIpc) is 2.29. The summed E-state index contributed by atoms with van der Waals surface area (Å²) in [5, 5.41) is 3.50. The quantitative estimate of drug-likeness (QED) is 0.775. The molecular formula is C12H18N2OS2. The van der Waals surface area contributed by atoms with Crippen molar-refractivity contribution in [2.45, 2.75) is 18.6 Å². The van der Waals surface area contributed by atoms with Crippen LogP contribution in [0.15, 0.2) is 24.3 Å². The lowest BCUT2D eigenvalue weighted by Crippen LogP contribution is -2.15. The second-order valence-corrected chi connectivity index (χ2v) is 6.21. The Morgan fingerprint density at radius 1 is 1.47 bits per heavy atom. The van der Waals surface area contributed by atoms with Gasteiger partial charge in [0.2, 0.25) is 0 Å². The van der Waals surface area contributed by atoms with E-state index >= 15 is 0 Å². The topological polar surface area (TPSA) is 55.1 Å². The van der Waals surface area contributed by atoms with E-state index in [4.69, 9.17) is 18.0 Å². The lowest BCUT2D eigenvalue weighted by atomic mass is 10.2. The summed E-state index contributed by atoms with van der Waals surface area (Å²) < 4.78 is 11.2. The minimum Gasteiger partial charge on any atom is -0.389 e. The second-order valence-electron chi connectivity index (χ2n) is 3.97. The zero-order valence-corrected chi connectivity index (χ0v) is 11.7. The number of hydrogen-bond acceptors (Lipinski definition) is 3. The maximum atomic E-state index is 11.2. The molecule has 1 aromatic rings. The van der Waals surface area contributed by atoms with Crippen LogP contribution in [-0.2, 0) is 10.8 Å². The molecule has 0 fully saturated rings. The summed E-state index contributed by atoms with van der Waals surface area (Å²) in [6.07, 6.45) is 2.63. The molecule has 0 aliphatic heterocycles. The average molecular weight is 270 g/mol. The van der Waals surface area contributed by atoms with E-state index in [1.54, 1.807) is 6.26 Å². The first-order chi connectivity index (χ1) is 8.00. The van der Waals surface area contributed by atoms with Crippen molar-refractivity contribution >= 4 is 33.7 Å². The SMILES string of the molecule is CC(CCNc1ccc(C(N)=S)cc1)S(C)=O. The maximum absolute atomic E-state index is 11.2. The highest BCUT2D eigenvalue weighted by atomic mass is 32.2. The molecule has 2 atom stereocenters. The summed E-state index contributed by atoms with van der Waals surface area (Å²) in [7, 11) is -0.752. The molecule has 1 rings (SSSR count). The molecule has 0 saturated heterocycles. The molecule has 0 saturated carbocycles. The standard InChI is InChI=1S/C12H18N2OS2/c1-9(17(2)15)7-8-14-11-5-3-10(4-6-11)12(13)16/h3-6,9,14H,7-8H2,1-2H3,(H2,13,16). The molecule has 0 amide bonds.